The van der Waals surface area contributed by atoms with E-state index in [1.165, 1.54) is 23.8 Å². The number of carbonyl (C=O) groups is 1. The maximum Gasteiger partial charge on any atom is 0.319 e. The minimum absolute atomic E-state index is 0.0328. The Balaban J connectivity index is 1.57. The van der Waals surface area contributed by atoms with Crippen LogP contribution >= 0.6 is 11.6 Å². The minimum atomic E-state index is -0.522. The molecule has 0 spiro atoms. The van der Waals surface area contributed by atoms with Crippen molar-refractivity contribution in [3.8, 4) is 0 Å². The van der Waals surface area contributed by atoms with Crippen LogP contribution in [0.1, 0.15) is 11.3 Å². The van der Waals surface area contributed by atoms with Crippen LogP contribution in [0.3, 0.4) is 0 Å². The van der Waals surface area contributed by atoms with Gasteiger partial charge in [0.2, 0.25) is 0 Å². The number of urea groups is 1. The van der Waals surface area contributed by atoms with Crippen molar-refractivity contribution in [1.29, 1.82) is 0 Å². The molecule has 0 atom stereocenters. The zero-order valence-corrected chi connectivity index (χ0v) is 14.1. The van der Waals surface area contributed by atoms with Crippen LogP contribution < -0.4 is 10.6 Å². The Morgan fingerprint density at radius 3 is 2.64 bits per heavy atom. The van der Waals surface area contributed by atoms with Gasteiger partial charge >= 0.3 is 6.03 Å². The first-order chi connectivity index (χ1) is 12.1. The topological polar surface area (TPSA) is 46.1 Å². The molecule has 25 heavy (non-hydrogen) atoms. The summed E-state index contributed by atoms with van der Waals surface area (Å²) in [6.07, 6.45) is 1.97. The van der Waals surface area contributed by atoms with E-state index >= 15 is 0 Å². The Bertz CT molecular complexity index is 864. The summed E-state index contributed by atoms with van der Waals surface area (Å²) in [6.45, 7) is 1.11. The van der Waals surface area contributed by atoms with E-state index in [0.717, 1.165) is 12.2 Å². The molecule has 0 radical (unpaired) electrons. The van der Waals surface area contributed by atoms with E-state index in [9.17, 15) is 9.18 Å². The fourth-order valence-corrected chi connectivity index (χ4v) is 2.64. The number of hydrogen-bond donors (Lipinski definition) is 2. The van der Waals surface area contributed by atoms with Gasteiger partial charge in [0.15, 0.2) is 0 Å². The van der Waals surface area contributed by atoms with E-state index in [1.807, 2.05) is 36.5 Å². The molecule has 3 rings (SSSR count). The molecule has 2 amide bonds. The van der Waals surface area contributed by atoms with Gasteiger partial charge in [-0.05, 0) is 35.9 Å². The van der Waals surface area contributed by atoms with Crippen LogP contribution in [0.4, 0.5) is 14.9 Å². The summed E-state index contributed by atoms with van der Waals surface area (Å²) in [5, 5.41) is 5.38. The first-order valence-corrected chi connectivity index (χ1v) is 8.17. The van der Waals surface area contributed by atoms with E-state index in [1.54, 1.807) is 0 Å². The van der Waals surface area contributed by atoms with Crippen molar-refractivity contribution in [1.82, 2.24) is 9.88 Å². The highest BCUT2D eigenvalue weighted by Gasteiger charge is 2.07. The van der Waals surface area contributed by atoms with E-state index in [-0.39, 0.29) is 11.1 Å². The molecule has 0 fully saturated rings. The molecule has 6 heteroatoms. The lowest BCUT2D eigenvalue weighted by atomic mass is 10.2. The second kappa shape index (κ2) is 7.85. The highest BCUT2D eigenvalue weighted by Crippen LogP contribution is 2.19. The zero-order chi connectivity index (χ0) is 17.6. The average molecular weight is 358 g/mol. The zero-order valence-electron chi connectivity index (χ0n) is 13.4. The van der Waals surface area contributed by atoms with Gasteiger partial charge in [-0.15, -0.1) is 0 Å². The number of anilines is 1. The largest absolute Gasteiger partial charge is 0.345 e. The van der Waals surface area contributed by atoms with Gasteiger partial charge in [-0.3, -0.25) is 0 Å². The highest BCUT2D eigenvalue weighted by atomic mass is 35.5. The lowest BCUT2D eigenvalue weighted by molar-refractivity contribution is 0.251. The van der Waals surface area contributed by atoms with Crippen LogP contribution in [0.15, 0.2) is 66.9 Å². The van der Waals surface area contributed by atoms with Crippen LogP contribution in [-0.4, -0.2) is 10.6 Å². The van der Waals surface area contributed by atoms with Crippen molar-refractivity contribution in [3.05, 3.63) is 89.0 Å². The normalized spacial score (nSPS) is 10.5. The number of aromatic nitrogens is 1. The maximum absolute atomic E-state index is 13.1. The summed E-state index contributed by atoms with van der Waals surface area (Å²) in [6, 6.07) is 17.6. The van der Waals surface area contributed by atoms with Gasteiger partial charge in [0.05, 0.1) is 11.6 Å². The standard InChI is InChI=1S/C19H17ClFN3O/c20-17-11-15(8-9-18(17)21)23-19(25)22-12-16-7-4-10-24(16)13-14-5-2-1-3-6-14/h1-11H,12-13H2,(H2,22,23,25). The van der Waals surface area contributed by atoms with Gasteiger partial charge < -0.3 is 15.2 Å². The molecular formula is C19H17ClFN3O. The number of benzene rings is 2. The number of halogens is 2. The summed E-state index contributed by atoms with van der Waals surface area (Å²) in [5.41, 5.74) is 2.60. The predicted octanol–water partition coefficient (Wildman–Crippen LogP) is 4.65. The van der Waals surface area contributed by atoms with Gasteiger partial charge in [0.1, 0.15) is 5.82 Å². The van der Waals surface area contributed by atoms with Crippen LogP contribution in [-0.2, 0) is 13.1 Å². The van der Waals surface area contributed by atoms with Gasteiger partial charge in [-0.1, -0.05) is 41.9 Å². The van der Waals surface area contributed by atoms with E-state index in [0.29, 0.717) is 12.2 Å². The molecule has 0 unspecified atom stereocenters. The number of nitrogens with one attached hydrogen (secondary N) is 2. The van der Waals surface area contributed by atoms with Crippen LogP contribution in [0.5, 0.6) is 0 Å². The van der Waals surface area contributed by atoms with Crippen molar-refractivity contribution in [2.45, 2.75) is 13.1 Å². The minimum Gasteiger partial charge on any atom is -0.345 e. The number of hydrogen-bond acceptors (Lipinski definition) is 1. The van der Waals surface area contributed by atoms with Crippen molar-refractivity contribution in [3.63, 3.8) is 0 Å². The van der Waals surface area contributed by atoms with Crippen LogP contribution in [0, 0.1) is 5.82 Å². The van der Waals surface area contributed by atoms with Crippen molar-refractivity contribution in [2.24, 2.45) is 0 Å². The molecule has 0 saturated carbocycles. The predicted molar refractivity (Wildman–Crippen MR) is 97.2 cm³/mol. The Morgan fingerprint density at radius 2 is 1.88 bits per heavy atom. The lowest BCUT2D eigenvalue weighted by Gasteiger charge is -2.11. The van der Waals surface area contributed by atoms with Gasteiger partial charge in [0.25, 0.3) is 0 Å². The molecule has 1 aromatic heterocycles. The summed E-state index contributed by atoms with van der Waals surface area (Å²) in [4.78, 5) is 12.0. The maximum atomic E-state index is 13.1. The fraction of sp³-hybridized carbons (Fsp3) is 0.105. The molecule has 3 aromatic rings. The molecule has 0 aliphatic carbocycles. The van der Waals surface area contributed by atoms with Crippen molar-refractivity contribution < 1.29 is 9.18 Å². The van der Waals surface area contributed by atoms with Gasteiger partial charge in [-0.25, -0.2) is 9.18 Å². The molecule has 0 saturated heterocycles. The van der Waals surface area contributed by atoms with E-state index in [4.69, 9.17) is 11.6 Å². The highest BCUT2D eigenvalue weighted by molar-refractivity contribution is 6.31. The third-order valence-electron chi connectivity index (χ3n) is 3.73. The Kier molecular flexibility index (Phi) is 5.36. The Labute approximate surface area is 150 Å². The number of nitrogens with zero attached hydrogens (tertiary/aromatic N) is 1. The van der Waals surface area contributed by atoms with Crippen LogP contribution in [0.25, 0.3) is 0 Å². The third kappa shape index (κ3) is 4.61. The summed E-state index contributed by atoms with van der Waals surface area (Å²) in [7, 11) is 0. The third-order valence-corrected chi connectivity index (χ3v) is 4.02. The smallest absolute Gasteiger partial charge is 0.319 e. The first kappa shape index (κ1) is 17.0. The number of carbonyl (C=O) groups excluding carboxylic acids is 1. The summed E-state index contributed by atoms with van der Waals surface area (Å²) < 4.78 is 15.2. The molecule has 128 valence electrons. The van der Waals surface area contributed by atoms with Crippen LogP contribution in [0.2, 0.25) is 5.02 Å². The van der Waals surface area contributed by atoms with Gasteiger partial charge in [0, 0.05) is 24.1 Å². The molecule has 2 N–H and O–H groups in total. The Hall–Kier alpha value is -2.79. The molecular weight excluding hydrogens is 341 g/mol. The number of amides is 2. The lowest BCUT2D eigenvalue weighted by Crippen LogP contribution is -2.29. The van der Waals surface area contributed by atoms with E-state index < -0.39 is 5.82 Å². The molecule has 0 aliphatic heterocycles. The average Bonchev–Trinajstić information content (AvgIpc) is 3.04. The first-order valence-electron chi connectivity index (χ1n) is 7.79. The molecule has 4 nitrogen and oxygen atoms in total. The molecule has 0 bridgehead atoms. The molecule has 0 aliphatic rings. The molecule has 1 heterocycles. The van der Waals surface area contributed by atoms with E-state index in [2.05, 4.69) is 27.3 Å². The molecule has 2 aromatic carbocycles. The van der Waals surface area contributed by atoms with Crippen molar-refractivity contribution >= 4 is 23.3 Å². The monoisotopic (exact) mass is 357 g/mol. The van der Waals surface area contributed by atoms with Gasteiger partial charge in [-0.2, -0.15) is 0 Å². The second-order valence-corrected chi connectivity index (χ2v) is 5.96. The SMILES string of the molecule is O=C(NCc1cccn1Cc1ccccc1)Nc1ccc(F)c(Cl)c1. The Morgan fingerprint density at radius 1 is 1.08 bits per heavy atom. The second-order valence-electron chi connectivity index (χ2n) is 5.55. The quantitative estimate of drug-likeness (QED) is 0.686. The fourth-order valence-electron chi connectivity index (χ4n) is 2.46. The van der Waals surface area contributed by atoms with Crippen molar-refractivity contribution in [2.75, 3.05) is 5.32 Å². The summed E-state index contributed by atoms with van der Waals surface area (Å²) in [5.74, 6) is -0.522. The number of rotatable bonds is 5. The summed E-state index contributed by atoms with van der Waals surface area (Å²) >= 11 is 5.70.